The molecule has 0 N–H and O–H groups in total. The highest BCUT2D eigenvalue weighted by Crippen LogP contribution is 2.43. The van der Waals surface area contributed by atoms with Crippen molar-refractivity contribution < 1.29 is 14.3 Å². The van der Waals surface area contributed by atoms with Crippen LogP contribution in [0.25, 0.3) is 0 Å². The quantitative estimate of drug-likeness (QED) is 0.675. The lowest BCUT2D eigenvalue weighted by atomic mass is 9.92. The maximum atomic E-state index is 13.0. The Kier molecular flexibility index (Phi) is 5.98. The number of aliphatic imine (C=N–C) groups is 1. The molecule has 1 aromatic carbocycles. The number of amidine groups is 1. The summed E-state index contributed by atoms with van der Waals surface area (Å²) in [6, 6.07) is 7.64. The van der Waals surface area contributed by atoms with Crippen LogP contribution in [0.1, 0.15) is 64.6 Å². The smallest absolute Gasteiger partial charge is 0.338 e. The van der Waals surface area contributed by atoms with Crippen LogP contribution < -0.4 is 0 Å². The molecular formula is C22H28N2O3S. The number of carbonyl (C=O) groups excluding carboxylic acids is 2. The summed E-state index contributed by atoms with van der Waals surface area (Å²) >= 11 is 1.44. The molecule has 6 heteroatoms. The molecule has 2 aliphatic rings. The number of amides is 1. The molecule has 5 nitrogen and oxygen atoms in total. The molecule has 0 bridgehead atoms. The third-order valence-corrected chi connectivity index (χ3v) is 6.00. The molecule has 150 valence electrons. The van der Waals surface area contributed by atoms with E-state index in [1.165, 1.54) is 17.3 Å². The molecule has 3 rings (SSSR count). The van der Waals surface area contributed by atoms with E-state index in [9.17, 15) is 9.59 Å². The van der Waals surface area contributed by atoms with Crippen LogP contribution in [0.4, 0.5) is 0 Å². The van der Waals surface area contributed by atoms with Gasteiger partial charge in [-0.15, -0.1) is 0 Å². The van der Waals surface area contributed by atoms with E-state index in [0.29, 0.717) is 29.0 Å². The van der Waals surface area contributed by atoms with Gasteiger partial charge in [-0.1, -0.05) is 63.7 Å². The molecule has 2 atom stereocenters. The van der Waals surface area contributed by atoms with Gasteiger partial charge < -0.3 is 4.74 Å². The van der Waals surface area contributed by atoms with Gasteiger partial charge in [0.05, 0.1) is 29.2 Å². The second-order valence-electron chi connectivity index (χ2n) is 8.08. The topological polar surface area (TPSA) is 59.0 Å². The van der Waals surface area contributed by atoms with Crippen LogP contribution in [0.2, 0.25) is 0 Å². The van der Waals surface area contributed by atoms with E-state index in [1.807, 2.05) is 39.8 Å². The second-order valence-corrected chi connectivity index (χ2v) is 9.39. The SMILES string of the molecule is CC1=C(C(=O)OCC(C)C)C(c2ccc(C(C)C)cc2)N2C(=O)C(C)SC2=N1. The van der Waals surface area contributed by atoms with Gasteiger partial charge in [0, 0.05) is 0 Å². The molecule has 0 spiro atoms. The van der Waals surface area contributed by atoms with Gasteiger partial charge in [-0.25, -0.2) is 9.79 Å². The zero-order chi connectivity index (χ0) is 20.6. The van der Waals surface area contributed by atoms with E-state index in [4.69, 9.17) is 4.74 Å². The van der Waals surface area contributed by atoms with E-state index < -0.39 is 12.0 Å². The van der Waals surface area contributed by atoms with Crippen molar-refractivity contribution in [3.8, 4) is 0 Å². The first kappa shape index (κ1) is 20.6. The molecule has 0 aliphatic carbocycles. The van der Waals surface area contributed by atoms with Crippen LogP contribution in [0.15, 0.2) is 40.5 Å². The van der Waals surface area contributed by atoms with Gasteiger partial charge in [0.1, 0.15) is 0 Å². The number of esters is 1. The number of allylic oxidation sites excluding steroid dienone is 1. The summed E-state index contributed by atoms with van der Waals surface area (Å²) in [5.74, 6) is 0.224. The lowest BCUT2D eigenvalue weighted by Crippen LogP contribution is -2.40. The number of hydrogen-bond donors (Lipinski definition) is 0. The first-order valence-electron chi connectivity index (χ1n) is 9.76. The normalized spacial score (nSPS) is 22.1. The number of thioether (sulfide) groups is 1. The fourth-order valence-corrected chi connectivity index (χ4v) is 4.39. The fraction of sp³-hybridized carbons (Fsp3) is 0.500. The Morgan fingerprint density at radius 3 is 2.43 bits per heavy atom. The summed E-state index contributed by atoms with van der Waals surface area (Å²) < 4.78 is 5.53. The molecule has 2 unspecified atom stereocenters. The summed E-state index contributed by atoms with van der Waals surface area (Å²) in [4.78, 5) is 32.1. The van der Waals surface area contributed by atoms with E-state index in [1.54, 1.807) is 4.90 Å². The monoisotopic (exact) mass is 400 g/mol. The number of benzene rings is 1. The van der Waals surface area contributed by atoms with E-state index in [0.717, 1.165) is 5.56 Å². The predicted molar refractivity (Wildman–Crippen MR) is 113 cm³/mol. The Hall–Kier alpha value is -2.08. The number of fused-ring (bicyclic) bond motifs is 1. The van der Waals surface area contributed by atoms with Crippen molar-refractivity contribution in [1.82, 2.24) is 4.90 Å². The highest BCUT2D eigenvalue weighted by molar-refractivity contribution is 8.15. The second kappa shape index (κ2) is 8.11. The van der Waals surface area contributed by atoms with Crippen molar-refractivity contribution in [3.63, 3.8) is 0 Å². The average molecular weight is 401 g/mol. The number of hydrogen-bond acceptors (Lipinski definition) is 5. The number of rotatable bonds is 5. The Morgan fingerprint density at radius 1 is 1.21 bits per heavy atom. The minimum atomic E-state index is -0.502. The largest absolute Gasteiger partial charge is 0.462 e. The van der Waals surface area contributed by atoms with E-state index in [-0.39, 0.29) is 17.1 Å². The molecule has 0 aromatic heterocycles. The summed E-state index contributed by atoms with van der Waals surface area (Å²) in [6.45, 7) is 12.3. The Labute approximate surface area is 171 Å². The molecular weight excluding hydrogens is 372 g/mol. The number of nitrogens with zero attached hydrogens (tertiary/aromatic N) is 2. The van der Waals surface area contributed by atoms with Crippen LogP contribution in [0.5, 0.6) is 0 Å². The van der Waals surface area contributed by atoms with Gasteiger partial charge in [0.25, 0.3) is 0 Å². The van der Waals surface area contributed by atoms with Gasteiger partial charge in [0.15, 0.2) is 5.17 Å². The van der Waals surface area contributed by atoms with Crippen molar-refractivity contribution in [2.45, 2.75) is 58.8 Å². The van der Waals surface area contributed by atoms with E-state index >= 15 is 0 Å². The molecule has 0 radical (unpaired) electrons. The molecule has 2 aliphatic heterocycles. The summed E-state index contributed by atoms with van der Waals surface area (Å²) in [5.41, 5.74) is 3.18. The molecule has 1 amide bonds. The van der Waals surface area contributed by atoms with Crippen LogP contribution in [0, 0.1) is 5.92 Å². The lowest BCUT2D eigenvalue weighted by molar-refractivity contribution is -0.141. The zero-order valence-corrected chi connectivity index (χ0v) is 18.2. The number of ether oxygens (including phenoxy) is 1. The van der Waals surface area contributed by atoms with Gasteiger partial charge >= 0.3 is 5.97 Å². The highest BCUT2D eigenvalue weighted by Gasteiger charge is 2.46. The first-order chi connectivity index (χ1) is 13.2. The molecule has 1 fully saturated rings. The molecule has 2 heterocycles. The van der Waals surface area contributed by atoms with Crippen LogP contribution in [0.3, 0.4) is 0 Å². The van der Waals surface area contributed by atoms with Gasteiger partial charge in [-0.2, -0.15) is 0 Å². The molecule has 28 heavy (non-hydrogen) atoms. The first-order valence-corrected chi connectivity index (χ1v) is 10.6. The molecule has 0 saturated carbocycles. The minimum Gasteiger partial charge on any atom is -0.462 e. The van der Waals surface area contributed by atoms with Crippen molar-refractivity contribution in [2.24, 2.45) is 10.9 Å². The maximum Gasteiger partial charge on any atom is 0.338 e. The third kappa shape index (κ3) is 3.88. The maximum absolute atomic E-state index is 13.0. The van der Waals surface area contributed by atoms with Crippen LogP contribution in [-0.2, 0) is 14.3 Å². The van der Waals surface area contributed by atoms with Crippen molar-refractivity contribution in [3.05, 3.63) is 46.7 Å². The van der Waals surface area contributed by atoms with Crippen LogP contribution >= 0.6 is 11.8 Å². The predicted octanol–water partition coefficient (Wildman–Crippen LogP) is 4.66. The van der Waals surface area contributed by atoms with Crippen LogP contribution in [-0.4, -0.2) is 33.8 Å². The minimum absolute atomic E-state index is 0.0247. The molecule has 1 aromatic rings. The van der Waals surface area contributed by atoms with Gasteiger partial charge in [-0.3, -0.25) is 9.69 Å². The summed E-state index contributed by atoms with van der Waals surface area (Å²) in [7, 11) is 0. The van der Waals surface area contributed by atoms with Crippen molar-refractivity contribution in [2.75, 3.05) is 6.61 Å². The van der Waals surface area contributed by atoms with Gasteiger partial charge in [-0.05, 0) is 36.8 Å². The van der Waals surface area contributed by atoms with Gasteiger partial charge in [0.2, 0.25) is 5.91 Å². The Morgan fingerprint density at radius 2 is 1.86 bits per heavy atom. The zero-order valence-electron chi connectivity index (χ0n) is 17.4. The lowest BCUT2D eigenvalue weighted by Gasteiger charge is -2.33. The fourth-order valence-electron chi connectivity index (χ4n) is 3.36. The molecule has 1 saturated heterocycles. The third-order valence-electron chi connectivity index (χ3n) is 4.94. The average Bonchev–Trinajstić information content (AvgIpc) is 2.92. The Balaban J connectivity index is 2.05. The number of carbonyl (C=O) groups is 2. The van der Waals surface area contributed by atoms with Crippen molar-refractivity contribution in [1.29, 1.82) is 0 Å². The summed E-state index contributed by atoms with van der Waals surface area (Å²) in [5, 5.41) is 0.448. The van der Waals surface area contributed by atoms with Crippen molar-refractivity contribution >= 4 is 28.8 Å². The Bertz CT molecular complexity index is 840. The standard InChI is InChI=1S/C22H28N2O3S/c1-12(2)11-27-21(26)18-14(5)23-22-24(20(25)15(6)28-22)19(18)17-9-7-16(8-10-17)13(3)4/h7-10,12-13,15,19H,11H2,1-6H3. The summed E-state index contributed by atoms with van der Waals surface area (Å²) in [6.07, 6.45) is 0. The van der Waals surface area contributed by atoms with E-state index in [2.05, 4.69) is 31.0 Å². The highest BCUT2D eigenvalue weighted by atomic mass is 32.2.